The van der Waals surface area contributed by atoms with E-state index in [2.05, 4.69) is 5.32 Å². The molecule has 0 bridgehead atoms. The van der Waals surface area contributed by atoms with Gasteiger partial charge in [-0.25, -0.2) is 0 Å². The molecule has 0 aliphatic carbocycles. The molecule has 0 fully saturated rings. The van der Waals surface area contributed by atoms with Crippen molar-refractivity contribution in [1.29, 1.82) is 0 Å². The van der Waals surface area contributed by atoms with Crippen molar-refractivity contribution in [2.75, 3.05) is 7.11 Å². The molecule has 2 rings (SSSR count). The first-order valence-electron chi connectivity index (χ1n) is 6.67. The fraction of sp³-hybridized carbons (Fsp3) is 0.333. The highest BCUT2D eigenvalue weighted by molar-refractivity contribution is 5.86. The van der Waals surface area contributed by atoms with E-state index < -0.39 is 12.0 Å². The summed E-state index contributed by atoms with van der Waals surface area (Å²) in [6.45, 7) is 1.90. The second-order valence-electron chi connectivity index (χ2n) is 4.78. The van der Waals surface area contributed by atoms with Gasteiger partial charge in [-0.05, 0) is 19.1 Å². The summed E-state index contributed by atoms with van der Waals surface area (Å²) < 4.78 is 7.26. The van der Waals surface area contributed by atoms with Crippen molar-refractivity contribution in [2.45, 2.75) is 25.9 Å². The Bertz CT molecular complexity index is 663. The van der Waals surface area contributed by atoms with E-state index >= 15 is 0 Å². The van der Waals surface area contributed by atoms with Gasteiger partial charge in [-0.2, -0.15) is 0 Å². The van der Waals surface area contributed by atoms with Crippen LogP contribution in [-0.2, 0) is 16.1 Å². The van der Waals surface area contributed by atoms with Crippen LogP contribution in [0.2, 0.25) is 0 Å². The number of para-hydroxylation sites is 1. The standard InChI is InChI=1S/C15H18N2O4/c1-10(15(19)20)16-13(18)7-9-17-8-6-11-4-3-5-12(21-2)14(11)17/h3-6,8,10H,7,9H2,1-2H3,(H,16,18)(H,19,20). The molecule has 0 aliphatic rings. The molecule has 6 heteroatoms. The van der Waals surface area contributed by atoms with Crippen LogP contribution in [0.5, 0.6) is 5.75 Å². The minimum absolute atomic E-state index is 0.208. The number of ether oxygens (including phenoxy) is 1. The molecule has 0 saturated carbocycles. The number of carboxylic acids is 1. The zero-order chi connectivity index (χ0) is 15.4. The number of methoxy groups -OCH3 is 1. The summed E-state index contributed by atoms with van der Waals surface area (Å²) in [5.41, 5.74) is 0.930. The molecule has 1 heterocycles. The fourth-order valence-electron chi connectivity index (χ4n) is 2.17. The van der Waals surface area contributed by atoms with Gasteiger partial charge in [0.25, 0.3) is 0 Å². The van der Waals surface area contributed by atoms with Crippen molar-refractivity contribution in [3.8, 4) is 5.75 Å². The lowest BCUT2D eigenvalue weighted by atomic mass is 10.2. The molecular formula is C15H18N2O4. The van der Waals surface area contributed by atoms with E-state index in [1.807, 2.05) is 35.0 Å². The van der Waals surface area contributed by atoms with Gasteiger partial charge in [0.1, 0.15) is 11.8 Å². The molecule has 112 valence electrons. The third-order valence-electron chi connectivity index (χ3n) is 3.30. The van der Waals surface area contributed by atoms with Crippen molar-refractivity contribution in [2.24, 2.45) is 0 Å². The summed E-state index contributed by atoms with van der Waals surface area (Å²) in [5.74, 6) is -0.588. The number of nitrogens with one attached hydrogen (secondary N) is 1. The molecule has 2 aromatic rings. The molecular weight excluding hydrogens is 272 g/mol. The number of fused-ring (bicyclic) bond motifs is 1. The zero-order valence-corrected chi connectivity index (χ0v) is 12.0. The second-order valence-corrected chi connectivity index (χ2v) is 4.78. The lowest BCUT2D eigenvalue weighted by Crippen LogP contribution is -2.38. The number of carbonyl (C=O) groups is 2. The Hall–Kier alpha value is -2.50. The van der Waals surface area contributed by atoms with E-state index in [0.29, 0.717) is 6.54 Å². The smallest absolute Gasteiger partial charge is 0.325 e. The number of nitrogens with zero attached hydrogens (tertiary/aromatic N) is 1. The van der Waals surface area contributed by atoms with E-state index in [4.69, 9.17) is 9.84 Å². The van der Waals surface area contributed by atoms with Gasteiger partial charge >= 0.3 is 5.97 Å². The van der Waals surface area contributed by atoms with E-state index in [0.717, 1.165) is 16.7 Å². The summed E-state index contributed by atoms with van der Waals surface area (Å²) in [4.78, 5) is 22.4. The summed E-state index contributed by atoms with van der Waals surface area (Å²) in [6.07, 6.45) is 2.10. The van der Waals surface area contributed by atoms with Crippen LogP contribution in [-0.4, -0.2) is 34.7 Å². The lowest BCUT2D eigenvalue weighted by molar-refractivity contribution is -0.141. The predicted octanol–water partition coefficient (Wildman–Crippen LogP) is 1.63. The van der Waals surface area contributed by atoms with Gasteiger partial charge in [-0.15, -0.1) is 0 Å². The maximum atomic E-state index is 11.7. The highest BCUT2D eigenvalue weighted by atomic mass is 16.5. The normalized spacial score (nSPS) is 12.1. The third kappa shape index (κ3) is 3.34. The number of rotatable bonds is 6. The maximum Gasteiger partial charge on any atom is 0.325 e. The second kappa shape index (κ2) is 6.30. The molecule has 1 atom stereocenters. The Kier molecular flexibility index (Phi) is 4.47. The molecule has 0 radical (unpaired) electrons. The molecule has 21 heavy (non-hydrogen) atoms. The van der Waals surface area contributed by atoms with Crippen LogP contribution in [0.3, 0.4) is 0 Å². The Morgan fingerprint density at radius 3 is 2.81 bits per heavy atom. The highest BCUT2D eigenvalue weighted by Crippen LogP contribution is 2.26. The van der Waals surface area contributed by atoms with Gasteiger partial charge in [-0.1, -0.05) is 12.1 Å². The van der Waals surface area contributed by atoms with Crippen LogP contribution < -0.4 is 10.1 Å². The molecule has 1 aromatic heterocycles. The fourth-order valence-corrected chi connectivity index (χ4v) is 2.17. The molecule has 0 spiro atoms. The van der Waals surface area contributed by atoms with Gasteiger partial charge in [-0.3, -0.25) is 9.59 Å². The molecule has 0 aliphatic heterocycles. The number of amides is 1. The molecule has 1 aromatic carbocycles. The number of carboxylic acid groups (broad SMARTS) is 1. The quantitative estimate of drug-likeness (QED) is 0.847. The van der Waals surface area contributed by atoms with Crippen molar-refractivity contribution in [1.82, 2.24) is 9.88 Å². The minimum atomic E-state index is -1.04. The highest BCUT2D eigenvalue weighted by Gasteiger charge is 2.14. The summed E-state index contributed by atoms with van der Waals surface area (Å²) >= 11 is 0. The van der Waals surface area contributed by atoms with Crippen LogP contribution in [0, 0.1) is 0 Å². The third-order valence-corrected chi connectivity index (χ3v) is 3.30. The average molecular weight is 290 g/mol. The number of hydrogen-bond acceptors (Lipinski definition) is 3. The predicted molar refractivity (Wildman–Crippen MR) is 78.3 cm³/mol. The molecule has 1 unspecified atom stereocenters. The minimum Gasteiger partial charge on any atom is -0.495 e. The summed E-state index contributed by atoms with van der Waals surface area (Å²) in [7, 11) is 1.60. The monoisotopic (exact) mass is 290 g/mol. The summed E-state index contributed by atoms with van der Waals surface area (Å²) in [5, 5.41) is 12.2. The van der Waals surface area contributed by atoms with Crippen LogP contribution in [0.4, 0.5) is 0 Å². The Morgan fingerprint density at radius 1 is 1.38 bits per heavy atom. The zero-order valence-electron chi connectivity index (χ0n) is 12.0. The number of aryl methyl sites for hydroxylation is 1. The van der Waals surface area contributed by atoms with Crippen LogP contribution >= 0.6 is 0 Å². The van der Waals surface area contributed by atoms with Gasteiger partial charge in [0.15, 0.2) is 0 Å². The van der Waals surface area contributed by atoms with E-state index in [-0.39, 0.29) is 12.3 Å². The maximum absolute atomic E-state index is 11.7. The van der Waals surface area contributed by atoms with Crippen molar-refractivity contribution >= 4 is 22.8 Å². The number of aliphatic carboxylic acids is 1. The van der Waals surface area contributed by atoms with Crippen molar-refractivity contribution < 1.29 is 19.4 Å². The average Bonchev–Trinajstić information content (AvgIpc) is 2.88. The van der Waals surface area contributed by atoms with Crippen LogP contribution in [0.1, 0.15) is 13.3 Å². The summed E-state index contributed by atoms with van der Waals surface area (Å²) in [6, 6.07) is 6.82. The molecule has 1 amide bonds. The largest absolute Gasteiger partial charge is 0.495 e. The van der Waals surface area contributed by atoms with E-state index in [9.17, 15) is 9.59 Å². The number of benzene rings is 1. The van der Waals surface area contributed by atoms with Gasteiger partial charge in [0, 0.05) is 24.5 Å². The Labute approximate surface area is 122 Å². The number of aromatic nitrogens is 1. The topological polar surface area (TPSA) is 80.6 Å². The SMILES string of the molecule is COc1cccc2ccn(CCC(=O)NC(C)C(=O)O)c12. The molecule has 2 N–H and O–H groups in total. The Morgan fingerprint density at radius 2 is 2.14 bits per heavy atom. The van der Waals surface area contributed by atoms with Crippen molar-refractivity contribution in [3.05, 3.63) is 30.5 Å². The van der Waals surface area contributed by atoms with Gasteiger partial charge in [0.2, 0.25) is 5.91 Å². The number of carbonyl (C=O) groups excluding carboxylic acids is 1. The number of hydrogen-bond donors (Lipinski definition) is 2. The lowest BCUT2D eigenvalue weighted by Gasteiger charge is -2.11. The van der Waals surface area contributed by atoms with E-state index in [1.54, 1.807) is 7.11 Å². The van der Waals surface area contributed by atoms with E-state index in [1.165, 1.54) is 6.92 Å². The first-order chi connectivity index (χ1) is 10.0. The molecule has 0 saturated heterocycles. The van der Waals surface area contributed by atoms with Crippen LogP contribution in [0.25, 0.3) is 10.9 Å². The van der Waals surface area contributed by atoms with Crippen molar-refractivity contribution in [3.63, 3.8) is 0 Å². The molecule has 6 nitrogen and oxygen atoms in total. The Balaban J connectivity index is 2.07. The van der Waals surface area contributed by atoms with Crippen LogP contribution in [0.15, 0.2) is 30.5 Å². The van der Waals surface area contributed by atoms with Gasteiger partial charge < -0.3 is 19.7 Å². The first-order valence-corrected chi connectivity index (χ1v) is 6.67. The van der Waals surface area contributed by atoms with Gasteiger partial charge in [0.05, 0.1) is 12.6 Å². The first kappa shape index (κ1) is 14.9.